The number of fused-ring (bicyclic) bond motifs is 2. The Kier molecular flexibility index (Phi) is 5.46. The molecule has 2 aliphatic heterocycles. The number of aliphatic hydroxyl groups excluding tert-OH is 2. The molecule has 4 aromatic rings. The number of nitrogens with one attached hydrogen (secondary N) is 1. The average molecular weight is 485 g/mol. The number of H-pyrrole nitrogens is 1. The van der Waals surface area contributed by atoms with Crippen molar-refractivity contribution >= 4 is 0 Å². The molecule has 0 radical (unpaired) electrons. The Hall–Kier alpha value is -3.82. The van der Waals surface area contributed by atoms with E-state index in [2.05, 4.69) is 11.1 Å². The number of benzene rings is 3. The molecule has 0 bridgehead atoms. The Labute approximate surface area is 206 Å². The third kappa shape index (κ3) is 3.38. The fourth-order valence-corrected chi connectivity index (χ4v) is 5.45. The minimum absolute atomic E-state index is 0.194. The number of ether oxygens (including phenoxy) is 2. The summed E-state index contributed by atoms with van der Waals surface area (Å²) in [4.78, 5) is 26.3. The number of rotatable bonds is 4. The third-order valence-electron chi connectivity index (χ3n) is 7.05. The Morgan fingerprint density at radius 1 is 0.944 bits per heavy atom. The van der Waals surface area contributed by atoms with Crippen molar-refractivity contribution in [1.29, 1.82) is 0 Å². The predicted octanol–water partition coefficient (Wildman–Crippen LogP) is 2.55. The van der Waals surface area contributed by atoms with Crippen molar-refractivity contribution in [2.24, 2.45) is 0 Å². The summed E-state index contributed by atoms with van der Waals surface area (Å²) in [5, 5.41) is 22.0. The molecule has 0 saturated carbocycles. The van der Waals surface area contributed by atoms with Crippen LogP contribution in [-0.4, -0.2) is 38.6 Å². The van der Waals surface area contributed by atoms with Crippen molar-refractivity contribution in [2.75, 3.05) is 6.61 Å². The molecule has 0 amide bonds. The summed E-state index contributed by atoms with van der Waals surface area (Å²) in [6, 6.07) is 25.0. The van der Waals surface area contributed by atoms with Crippen LogP contribution in [-0.2, 0) is 21.7 Å². The van der Waals surface area contributed by atoms with Gasteiger partial charge in [-0.05, 0) is 39.9 Å². The molecule has 8 nitrogen and oxygen atoms in total. The van der Waals surface area contributed by atoms with Crippen LogP contribution < -0.4 is 11.2 Å². The Balaban J connectivity index is 1.57. The number of nitrogens with zero attached hydrogens (tertiary/aromatic N) is 1. The minimum Gasteiger partial charge on any atom is -0.394 e. The summed E-state index contributed by atoms with van der Waals surface area (Å²) in [6.45, 7) is -0.250. The van der Waals surface area contributed by atoms with Crippen LogP contribution in [0.1, 0.15) is 17.4 Å². The summed E-state index contributed by atoms with van der Waals surface area (Å²) >= 11 is 0. The molecule has 1 saturated heterocycles. The summed E-state index contributed by atoms with van der Waals surface area (Å²) < 4.78 is 13.5. The van der Waals surface area contributed by atoms with Crippen LogP contribution in [0, 0.1) is 0 Å². The number of aliphatic hydroxyl groups is 2. The highest BCUT2D eigenvalue weighted by molar-refractivity contribution is 5.79. The predicted molar refractivity (Wildman–Crippen MR) is 132 cm³/mol. The maximum absolute atomic E-state index is 12.5. The van der Waals surface area contributed by atoms with Gasteiger partial charge in [-0.15, -0.1) is 0 Å². The number of aromatic amines is 1. The van der Waals surface area contributed by atoms with E-state index in [9.17, 15) is 19.8 Å². The van der Waals surface area contributed by atoms with Gasteiger partial charge < -0.3 is 19.7 Å². The van der Waals surface area contributed by atoms with Gasteiger partial charge in [-0.1, -0.05) is 60.7 Å². The second-order valence-corrected chi connectivity index (χ2v) is 9.03. The molecule has 3 N–H and O–H groups in total. The zero-order chi connectivity index (χ0) is 24.9. The normalized spacial score (nSPS) is 24.8. The summed E-state index contributed by atoms with van der Waals surface area (Å²) in [7, 11) is 0. The zero-order valence-electron chi connectivity index (χ0n) is 19.2. The van der Waals surface area contributed by atoms with Crippen molar-refractivity contribution < 1.29 is 19.7 Å². The van der Waals surface area contributed by atoms with Crippen LogP contribution in [0.3, 0.4) is 0 Å². The van der Waals surface area contributed by atoms with Crippen LogP contribution in [0.15, 0.2) is 94.6 Å². The van der Waals surface area contributed by atoms with Crippen molar-refractivity contribution in [3.63, 3.8) is 0 Å². The highest BCUT2D eigenvalue weighted by Crippen LogP contribution is 2.54. The summed E-state index contributed by atoms with van der Waals surface area (Å²) in [6.07, 6.45) is -2.20. The first kappa shape index (κ1) is 22.6. The van der Waals surface area contributed by atoms with E-state index in [1.54, 1.807) is 0 Å². The Bertz CT molecular complexity index is 1530. The van der Waals surface area contributed by atoms with Crippen molar-refractivity contribution in [3.8, 4) is 22.3 Å². The fourth-order valence-electron chi connectivity index (χ4n) is 5.45. The molecule has 2 aliphatic rings. The van der Waals surface area contributed by atoms with E-state index in [4.69, 9.17) is 9.47 Å². The van der Waals surface area contributed by atoms with Crippen molar-refractivity contribution in [2.45, 2.75) is 30.6 Å². The van der Waals surface area contributed by atoms with Gasteiger partial charge in [-0.3, -0.25) is 14.3 Å². The van der Waals surface area contributed by atoms with E-state index in [0.717, 1.165) is 37.9 Å². The van der Waals surface area contributed by atoms with Crippen LogP contribution in [0.2, 0.25) is 0 Å². The molecule has 4 atom stereocenters. The molecule has 36 heavy (non-hydrogen) atoms. The van der Waals surface area contributed by atoms with Crippen molar-refractivity contribution in [3.05, 3.63) is 117 Å². The Morgan fingerprint density at radius 3 is 2.31 bits per heavy atom. The van der Waals surface area contributed by atoms with Gasteiger partial charge >= 0.3 is 5.69 Å². The van der Waals surface area contributed by atoms with Crippen LogP contribution in [0.5, 0.6) is 0 Å². The molecule has 0 aliphatic carbocycles. The maximum Gasteiger partial charge on any atom is 0.330 e. The molecule has 1 spiro atoms. The van der Waals surface area contributed by atoms with Crippen LogP contribution in [0.4, 0.5) is 0 Å². The maximum atomic E-state index is 12.5. The molecule has 0 unspecified atom stereocenters. The van der Waals surface area contributed by atoms with Crippen LogP contribution >= 0.6 is 0 Å². The second kappa shape index (κ2) is 8.69. The lowest BCUT2D eigenvalue weighted by Crippen LogP contribution is -2.47. The van der Waals surface area contributed by atoms with Gasteiger partial charge in [0.05, 0.1) is 13.2 Å². The average Bonchev–Trinajstić information content (AvgIpc) is 3.43. The van der Waals surface area contributed by atoms with Gasteiger partial charge in [0.1, 0.15) is 12.2 Å². The summed E-state index contributed by atoms with van der Waals surface area (Å²) in [5.74, 6) is 0. The first-order chi connectivity index (χ1) is 17.5. The molecule has 1 aromatic heterocycles. The van der Waals surface area contributed by atoms with E-state index in [0.29, 0.717) is 0 Å². The molecule has 8 heteroatoms. The lowest BCUT2D eigenvalue weighted by molar-refractivity contribution is -0.134. The fraction of sp³-hybridized carbons (Fsp3) is 0.214. The first-order valence-corrected chi connectivity index (χ1v) is 11.7. The van der Waals surface area contributed by atoms with E-state index in [-0.39, 0.29) is 6.61 Å². The molecule has 6 rings (SSSR count). The van der Waals surface area contributed by atoms with Gasteiger partial charge in [0, 0.05) is 17.8 Å². The number of hydrogen-bond acceptors (Lipinski definition) is 6. The van der Waals surface area contributed by atoms with Gasteiger partial charge in [-0.2, -0.15) is 0 Å². The van der Waals surface area contributed by atoms with E-state index < -0.39 is 41.9 Å². The monoisotopic (exact) mass is 484 g/mol. The minimum atomic E-state index is -1.43. The van der Waals surface area contributed by atoms with Gasteiger partial charge in [0.15, 0.2) is 11.8 Å². The first-order valence-electron chi connectivity index (χ1n) is 11.7. The molecule has 182 valence electrons. The summed E-state index contributed by atoms with van der Waals surface area (Å²) in [5.41, 5.74) is 2.69. The van der Waals surface area contributed by atoms with Gasteiger partial charge in [0.25, 0.3) is 5.56 Å². The standard InChI is InChI=1S/C28H24N2O6/c31-15-22-28(25(33)26(36-22)30-12-11-23(32)29-27(30)34)24-20(16-35-28)13-19(17-7-3-1-4-8-17)14-21(24)18-9-5-2-6-10-18/h1-14,22,25-26,31,33H,15-16H2,(H,29,32,34)/t22-,25+,26-,28+/m1/s1. The molecular weight excluding hydrogens is 460 g/mol. The topological polar surface area (TPSA) is 114 Å². The molecular formula is C28H24N2O6. The van der Waals surface area contributed by atoms with Crippen LogP contribution in [0.25, 0.3) is 22.3 Å². The smallest absolute Gasteiger partial charge is 0.330 e. The van der Waals surface area contributed by atoms with E-state index in [1.807, 2.05) is 66.7 Å². The highest BCUT2D eigenvalue weighted by Gasteiger charge is 2.62. The van der Waals surface area contributed by atoms with Gasteiger partial charge in [0.2, 0.25) is 0 Å². The lowest BCUT2D eigenvalue weighted by Gasteiger charge is -2.33. The largest absolute Gasteiger partial charge is 0.394 e. The Morgan fingerprint density at radius 2 is 1.64 bits per heavy atom. The SMILES string of the molecule is O=c1ccn([C@@H]2O[C@H](CO)[C@@]3(OCc4cc(-c5ccccc5)cc(-c5ccccc5)c43)[C@H]2O)c(=O)[nH]1. The van der Waals surface area contributed by atoms with Gasteiger partial charge in [-0.25, -0.2) is 4.79 Å². The highest BCUT2D eigenvalue weighted by atomic mass is 16.6. The van der Waals surface area contributed by atoms with Crippen molar-refractivity contribution in [1.82, 2.24) is 9.55 Å². The molecule has 3 aromatic carbocycles. The zero-order valence-corrected chi connectivity index (χ0v) is 19.2. The molecule has 3 heterocycles. The lowest BCUT2D eigenvalue weighted by atomic mass is 9.78. The quantitative estimate of drug-likeness (QED) is 0.410. The number of aromatic nitrogens is 2. The third-order valence-corrected chi connectivity index (χ3v) is 7.05. The second-order valence-electron chi connectivity index (χ2n) is 9.03. The van der Waals surface area contributed by atoms with E-state index >= 15 is 0 Å². The van der Waals surface area contributed by atoms with E-state index in [1.165, 1.54) is 12.3 Å². The molecule has 1 fully saturated rings. The number of hydrogen-bond donors (Lipinski definition) is 3.